The molecule has 0 spiro atoms. The number of aromatic nitrogens is 1. The van der Waals surface area contributed by atoms with E-state index in [-0.39, 0.29) is 11.0 Å². The zero-order chi connectivity index (χ0) is 13.1. The summed E-state index contributed by atoms with van der Waals surface area (Å²) < 4.78 is 13.3. The molecule has 1 heterocycles. The third-order valence-corrected chi connectivity index (χ3v) is 2.90. The SMILES string of the molecule is O=C(Nc1ccc(F)cc1Br)c1c[nH]ccc1=O. The van der Waals surface area contributed by atoms with Crippen molar-refractivity contribution in [1.82, 2.24) is 4.98 Å². The molecule has 4 nitrogen and oxygen atoms in total. The molecule has 0 aliphatic rings. The molecular formula is C12H8BrFN2O2. The number of H-pyrrole nitrogens is 1. The van der Waals surface area contributed by atoms with Crippen LogP contribution in [-0.4, -0.2) is 10.9 Å². The molecule has 2 aromatic rings. The van der Waals surface area contributed by atoms with Crippen LogP contribution in [0.25, 0.3) is 0 Å². The molecule has 0 aliphatic carbocycles. The van der Waals surface area contributed by atoms with Crippen molar-refractivity contribution in [2.45, 2.75) is 0 Å². The molecule has 0 radical (unpaired) electrons. The first-order chi connectivity index (χ1) is 8.58. The van der Waals surface area contributed by atoms with Crippen molar-refractivity contribution in [1.29, 1.82) is 0 Å². The van der Waals surface area contributed by atoms with E-state index in [2.05, 4.69) is 26.2 Å². The highest BCUT2D eigenvalue weighted by Gasteiger charge is 2.11. The maximum Gasteiger partial charge on any atom is 0.261 e. The molecule has 0 fully saturated rings. The summed E-state index contributed by atoms with van der Waals surface area (Å²) in [5.41, 5.74) is 0.00265. The maximum atomic E-state index is 12.9. The van der Waals surface area contributed by atoms with Crippen LogP contribution in [0.15, 0.2) is 45.9 Å². The first kappa shape index (κ1) is 12.5. The summed E-state index contributed by atoms with van der Waals surface area (Å²) in [6, 6.07) is 5.11. The predicted octanol–water partition coefficient (Wildman–Crippen LogP) is 2.53. The minimum atomic E-state index is -0.552. The second-order valence-corrected chi connectivity index (χ2v) is 4.35. The second-order valence-electron chi connectivity index (χ2n) is 3.50. The van der Waals surface area contributed by atoms with Gasteiger partial charge in [-0.3, -0.25) is 9.59 Å². The largest absolute Gasteiger partial charge is 0.367 e. The van der Waals surface area contributed by atoms with Crippen LogP contribution in [-0.2, 0) is 0 Å². The van der Waals surface area contributed by atoms with Crippen molar-refractivity contribution in [3.05, 3.63) is 62.7 Å². The molecule has 18 heavy (non-hydrogen) atoms. The van der Waals surface area contributed by atoms with Crippen molar-refractivity contribution in [3.8, 4) is 0 Å². The highest BCUT2D eigenvalue weighted by molar-refractivity contribution is 9.10. The van der Waals surface area contributed by atoms with Gasteiger partial charge >= 0.3 is 0 Å². The molecule has 0 aliphatic heterocycles. The molecule has 1 aromatic carbocycles. The van der Waals surface area contributed by atoms with E-state index in [1.807, 2.05) is 0 Å². The average molecular weight is 311 g/mol. The number of carbonyl (C=O) groups is 1. The molecule has 92 valence electrons. The summed E-state index contributed by atoms with van der Waals surface area (Å²) in [5, 5.41) is 2.52. The minimum absolute atomic E-state index is 0.00581. The van der Waals surface area contributed by atoms with Gasteiger partial charge in [-0.1, -0.05) is 0 Å². The van der Waals surface area contributed by atoms with Crippen molar-refractivity contribution in [2.75, 3.05) is 5.32 Å². The van der Waals surface area contributed by atoms with Crippen LogP contribution in [0.4, 0.5) is 10.1 Å². The highest BCUT2D eigenvalue weighted by Crippen LogP contribution is 2.23. The van der Waals surface area contributed by atoms with Crippen molar-refractivity contribution < 1.29 is 9.18 Å². The Bertz CT molecular complexity index is 655. The Kier molecular flexibility index (Phi) is 3.57. The Morgan fingerprint density at radius 1 is 1.33 bits per heavy atom. The fourth-order valence-corrected chi connectivity index (χ4v) is 1.82. The van der Waals surface area contributed by atoms with Gasteiger partial charge in [0.2, 0.25) is 0 Å². The number of aromatic amines is 1. The number of pyridine rings is 1. The van der Waals surface area contributed by atoms with Crippen LogP contribution < -0.4 is 10.7 Å². The third-order valence-electron chi connectivity index (χ3n) is 2.25. The number of hydrogen-bond donors (Lipinski definition) is 2. The summed E-state index contributed by atoms with van der Waals surface area (Å²) in [6.07, 6.45) is 2.75. The van der Waals surface area contributed by atoms with Crippen LogP contribution in [0.3, 0.4) is 0 Å². The van der Waals surface area contributed by atoms with Gasteiger partial charge in [0, 0.05) is 22.9 Å². The summed E-state index contributed by atoms with van der Waals surface area (Å²) in [7, 11) is 0. The summed E-state index contributed by atoms with van der Waals surface area (Å²) in [6.45, 7) is 0. The lowest BCUT2D eigenvalue weighted by atomic mass is 10.2. The van der Waals surface area contributed by atoms with Crippen molar-refractivity contribution in [3.63, 3.8) is 0 Å². The topological polar surface area (TPSA) is 62.0 Å². The minimum Gasteiger partial charge on any atom is -0.367 e. The number of nitrogens with one attached hydrogen (secondary N) is 2. The van der Waals surface area contributed by atoms with Crippen LogP contribution in [0.1, 0.15) is 10.4 Å². The number of rotatable bonds is 2. The summed E-state index contributed by atoms with van der Waals surface area (Å²) in [4.78, 5) is 25.9. The van der Waals surface area contributed by atoms with E-state index >= 15 is 0 Å². The van der Waals surface area contributed by atoms with Gasteiger partial charge in [-0.15, -0.1) is 0 Å². The number of amides is 1. The Morgan fingerprint density at radius 3 is 2.78 bits per heavy atom. The summed E-state index contributed by atoms with van der Waals surface area (Å²) in [5.74, 6) is -0.971. The molecule has 2 rings (SSSR count). The molecule has 0 saturated heterocycles. The highest BCUT2D eigenvalue weighted by atomic mass is 79.9. The first-order valence-corrected chi connectivity index (χ1v) is 5.81. The normalized spacial score (nSPS) is 10.1. The standard InChI is InChI=1S/C12H8BrFN2O2/c13-9-5-7(14)1-2-10(9)16-12(18)8-6-15-4-3-11(8)17/h1-6H,(H,15,17)(H,16,18). The lowest BCUT2D eigenvalue weighted by Gasteiger charge is -2.06. The Balaban J connectivity index is 2.27. The van der Waals surface area contributed by atoms with Crippen molar-refractivity contribution in [2.24, 2.45) is 0 Å². The van der Waals surface area contributed by atoms with E-state index in [1.54, 1.807) is 0 Å². The average Bonchev–Trinajstić information content (AvgIpc) is 2.33. The lowest BCUT2D eigenvalue weighted by molar-refractivity contribution is 0.102. The Hall–Kier alpha value is -1.95. The smallest absolute Gasteiger partial charge is 0.261 e. The van der Waals surface area contributed by atoms with Gasteiger partial charge in [-0.05, 0) is 34.1 Å². The molecule has 0 atom stereocenters. The quantitative estimate of drug-likeness (QED) is 0.895. The molecule has 0 bridgehead atoms. The third kappa shape index (κ3) is 2.65. The van der Waals surface area contributed by atoms with Gasteiger partial charge < -0.3 is 10.3 Å². The zero-order valence-corrected chi connectivity index (χ0v) is 10.6. The van der Waals surface area contributed by atoms with Gasteiger partial charge in [-0.25, -0.2) is 4.39 Å². The van der Waals surface area contributed by atoms with Gasteiger partial charge in [0.1, 0.15) is 11.4 Å². The van der Waals surface area contributed by atoms with Gasteiger partial charge in [-0.2, -0.15) is 0 Å². The fraction of sp³-hybridized carbons (Fsp3) is 0. The Labute approximate surface area is 110 Å². The fourth-order valence-electron chi connectivity index (χ4n) is 1.37. The molecule has 0 saturated carbocycles. The number of hydrogen-bond acceptors (Lipinski definition) is 2. The number of halogens is 2. The van der Waals surface area contributed by atoms with E-state index in [4.69, 9.17) is 0 Å². The predicted molar refractivity (Wildman–Crippen MR) is 69.1 cm³/mol. The lowest BCUT2D eigenvalue weighted by Crippen LogP contribution is -2.21. The monoisotopic (exact) mass is 310 g/mol. The molecule has 6 heteroatoms. The summed E-state index contributed by atoms with van der Waals surface area (Å²) >= 11 is 3.13. The maximum absolute atomic E-state index is 12.9. The van der Waals surface area contributed by atoms with Gasteiger partial charge in [0.25, 0.3) is 5.91 Å². The van der Waals surface area contributed by atoms with Gasteiger partial charge in [0.15, 0.2) is 5.43 Å². The first-order valence-electron chi connectivity index (χ1n) is 5.01. The Morgan fingerprint density at radius 2 is 2.11 bits per heavy atom. The zero-order valence-electron chi connectivity index (χ0n) is 9.04. The second kappa shape index (κ2) is 5.14. The molecule has 0 unspecified atom stereocenters. The molecule has 1 amide bonds. The van der Waals surface area contributed by atoms with Crippen LogP contribution in [0, 0.1) is 5.82 Å². The number of benzene rings is 1. The van der Waals surface area contributed by atoms with Crippen LogP contribution in [0.5, 0.6) is 0 Å². The molecular weight excluding hydrogens is 303 g/mol. The van der Waals surface area contributed by atoms with E-state index in [0.717, 1.165) is 0 Å². The van der Waals surface area contributed by atoms with Crippen LogP contribution >= 0.6 is 15.9 Å². The van der Waals surface area contributed by atoms with E-state index in [9.17, 15) is 14.0 Å². The van der Waals surface area contributed by atoms with E-state index in [0.29, 0.717) is 10.2 Å². The molecule has 2 N–H and O–H groups in total. The molecule has 1 aromatic heterocycles. The van der Waals surface area contributed by atoms with E-state index < -0.39 is 11.7 Å². The van der Waals surface area contributed by atoms with Crippen molar-refractivity contribution >= 4 is 27.5 Å². The number of carbonyl (C=O) groups excluding carboxylic acids is 1. The van der Waals surface area contributed by atoms with Gasteiger partial charge in [0.05, 0.1) is 5.69 Å². The van der Waals surface area contributed by atoms with E-state index in [1.165, 1.54) is 36.7 Å². The van der Waals surface area contributed by atoms with Crippen LogP contribution in [0.2, 0.25) is 0 Å². The number of anilines is 1.